The van der Waals surface area contributed by atoms with Crippen molar-refractivity contribution in [1.29, 1.82) is 5.26 Å². The zero-order valence-electron chi connectivity index (χ0n) is 18.1. The van der Waals surface area contributed by atoms with Crippen molar-refractivity contribution in [3.8, 4) is 6.07 Å². The van der Waals surface area contributed by atoms with Gasteiger partial charge in [0.2, 0.25) is 5.95 Å². The number of hydrogen-bond donors (Lipinski definition) is 2. The molecule has 2 aromatic heterocycles. The number of aromatic nitrogens is 3. The Morgan fingerprint density at radius 1 is 1.33 bits per heavy atom. The molecule has 33 heavy (non-hydrogen) atoms. The lowest BCUT2D eigenvalue weighted by Crippen LogP contribution is -2.34. The van der Waals surface area contributed by atoms with E-state index < -0.39 is 6.10 Å². The number of aliphatic hydroxyl groups is 1. The summed E-state index contributed by atoms with van der Waals surface area (Å²) in [5.74, 6) is 0.161. The fraction of sp³-hybridized carbons (Fsp3) is 0.292. The number of β-amino-alcohol motifs (C(OH)–C–C–N with tert-alkyl or cyclic N) is 1. The van der Waals surface area contributed by atoms with Crippen molar-refractivity contribution in [2.45, 2.75) is 32.6 Å². The first-order chi connectivity index (χ1) is 16.0. The van der Waals surface area contributed by atoms with Crippen LogP contribution in [0.5, 0.6) is 0 Å². The van der Waals surface area contributed by atoms with Crippen molar-refractivity contribution in [3.05, 3.63) is 75.9 Å². The molecule has 0 saturated carbocycles. The number of aliphatic hydroxyl groups excluding tert-OH is 1. The maximum absolute atomic E-state index is 11.8. The van der Waals surface area contributed by atoms with Gasteiger partial charge in [0.1, 0.15) is 12.7 Å². The lowest BCUT2D eigenvalue weighted by Gasteiger charge is -2.30. The van der Waals surface area contributed by atoms with Crippen LogP contribution in [0, 0.1) is 18.3 Å². The highest BCUT2D eigenvalue weighted by molar-refractivity contribution is 5.93. The van der Waals surface area contributed by atoms with Crippen molar-refractivity contribution in [2.75, 3.05) is 18.4 Å². The van der Waals surface area contributed by atoms with Gasteiger partial charge in [-0.3, -0.25) is 9.88 Å². The van der Waals surface area contributed by atoms with E-state index in [1.165, 1.54) is 6.20 Å². The highest BCUT2D eigenvalue weighted by atomic mass is 16.5. The van der Waals surface area contributed by atoms with Crippen LogP contribution in [0.3, 0.4) is 0 Å². The van der Waals surface area contributed by atoms with Gasteiger partial charge in [-0.15, -0.1) is 0 Å². The van der Waals surface area contributed by atoms with Gasteiger partial charge in [-0.05, 0) is 30.2 Å². The van der Waals surface area contributed by atoms with Gasteiger partial charge in [0, 0.05) is 49.6 Å². The molecule has 3 aromatic rings. The third-order valence-electron chi connectivity index (χ3n) is 6.13. The van der Waals surface area contributed by atoms with Crippen LogP contribution in [0.15, 0.2) is 36.8 Å². The largest absolute Gasteiger partial charge is 0.457 e. The van der Waals surface area contributed by atoms with Crippen LogP contribution in [-0.4, -0.2) is 44.0 Å². The highest BCUT2D eigenvalue weighted by Gasteiger charge is 2.27. The SMILES string of the molecule is Cc1c(C(O)CN2CCc3nc(Nc4cncc(C#N)c4)ncc3C2)ccc2c1COC2=O. The molecular weight excluding hydrogens is 420 g/mol. The Morgan fingerprint density at radius 3 is 3.06 bits per heavy atom. The molecule has 5 rings (SSSR count). The number of cyclic esters (lactones) is 1. The number of anilines is 2. The van der Waals surface area contributed by atoms with Crippen LogP contribution in [0.1, 0.15) is 50.0 Å². The number of hydrogen-bond acceptors (Lipinski definition) is 9. The van der Waals surface area contributed by atoms with Gasteiger partial charge >= 0.3 is 5.97 Å². The van der Waals surface area contributed by atoms with Crippen molar-refractivity contribution in [1.82, 2.24) is 19.9 Å². The first-order valence-electron chi connectivity index (χ1n) is 10.7. The number of nitrogens with zero attached hydrogens (tertiary/aromatic N) is 5. The van der Waals surface area contributed by atoms with E-state index in [0.29, 0.717) is 35.9 Å². The van der Waals surface area contributed by atoms with Gasteiger partial charge in [-0.1, -0.05) is 6.07 Å². The quantitative estimate of drug-likeness (QED) is 0.574. The maximum Gasteiger partial charge on any atom is 0.338 e. The minimum atomic E-state index is -0.672. The van der Waals surface area contributed by atoms with Crippen molar-refractivity contribution < 1.29 is 14.6 Å². The van der Waals surface area contributed by atoms with Gasteiger partial charge in [0.05, 0.1) is 34.8 Å². The van der Waals surface area contributed by atoms with Crippen LogP contribution in [0.25, 0.3) is 0 Å². The Morgan fingerprint density at radius 2 is 2.21 bits per heavy atom. The number of fused-ring (bicyclic) bond motifs is 2. The van der Waals surface area contributed by atoms with Gasteiger partial charge in [-0.25, -0.2) is 14.8 Å². The summed E-state index contributed by atoms with van der Waals surface area (Å²) in [7, 11) is 0. The lowest BCUT2D eigenvalue weighted by atomic mass is 9.95. The minimum Gasteiger partial charge on any atom is -0.457 e. The molecule has 166 valence electrons. The van der Waals surface area contributed by atoms with Crippen LogP contribution in [0.4, 0.5) is 11.6 Å². The number of benzene rings is 1. The van der Waals surface area contributed by atoms with Gasteiger partial charge in [-0.2, -0.15) is 5.26 Å². The fourth-order valence-electron chi connectivity index (χ4n) is 4.36. The second-order valence-electron chi connectivity index (χ2n) is 8.25. The zero-order valence-corrected chi connectivity index (χ0v) is 18.1. The average Bonchev–Trinajstić information content (AvgIpc) is 3.21. The Kier molecular flexibility index (Phi) is 5.46. The summed E-state index contributed by atoms with van der Waals surface area (Å²) in [6.45, 7) is 4.07. The first kappa shape index (κ1) is 21.0. The number of esters is 1. The number of nitriles is 1. The topological polar surface area (TPSA) is 124 Å². The number of ether oxygens (including phenoxy) is 1. The number of pyridine rings is 1. The standard InChI is InChI=1S/C24H22N6O3/c1-14-18(2-3-19-20(14)13-33-23(19)32)22(31)12-30-5-4-21-16(11-30)9-27-24(29-21)28-17-6-15(7-25)8-26-10-17/h2-3,6,8-10,22,31H,4-5,11-13H2,1H3,(H,27,28,29). The van der Waals surface area contributed by atoms with E-state index in [4.69, 9.17) is 10.00 Å². The molecule has 0 radical (unpaired) electrons. The smallest absolute Gasteiger partial charge is 0.338 e. The molecule has 1 unspecified atom stereocenters. The first-order valence-corrected chi connectivity index (χ1v) is 10.7. The second kappa shape index (κ2) is 8.58. The predicted molar refractivity (Wildman–Crippen MR) is 119 cm³/mol. The average molecular weight is 442 g/mol. The van der Waals surface area contributed by atoms with E-state index in [1.54, 1.807) is 24.5 Å². The molecule has 0 saturated heterocycles. The van der Waals surface area contributed by atoms with E-state index in [0.717, 1.165) is 40.9 Å². The summed E-state index contributed by atoms with van der Waals surface area (Å²) in [5.41, 5.74) is 6.30. The number of rotatable bonds is 5. The Balaban J connectivity index is 1.26. The monoisotopic (exact) mass is 442 g/mol. The van der Waals surface area contributed by atoms with E-state index in [1.807, 2.05) is 13.0 Å². The summed E-state index contributed by atoms with van der Waals surface area (Å²) in [5, 5.41) is 23.0. The zero-order chi connectivity index (χ0) is 22.9. The van der Waals surface area contributed by atoms with Gasteiger partial charge in [0.25, 0.3) is 0 Å². The second-order valence-corrected chi connectivity index (χ2v) is 8.25. The van der Waals surface area contributed by atoms with Crippen LogP contribution in [-0.2, 0) is 24.3 Å². The maximum atomic E-state index is 11.8. The molecule has 2 aliphatic heterocycles. The molecule has 9 heteroatoms. The Hall–Kier alpha value is -3.87. The molecule has 0 fully saturated rings. The number of nitrogens with one attached hydrogen (secondary N) is 1. The summed E-state index contributed by atoms with van der Waals surface area (Å²) in [6.07, 6.45) is 4.99. The molecule has 9 nitrogen and oxygen atoms in total. The van der Waals surface area contributed by atoms with Crippen molar-refractivity contribution in [2.24, 2.45) is 0 Å². The van der Waals surface area contributed by atoms with Gasteiger partial charge in [0.15, 0.2) is 0 Å². The van der Waals surface area contributed by atoms with E-state index in [9.17, 15) is 9.90 Å². The summed E-state index contributed by atoms with van der Waals surface area (Å²) in [6, 6.07) is 7.32. The molecule has 0 spiro atoms. The summed E-state index contributed by atoms with van der Waals surface area (Å²) in [4.78, 5) is 27.0. The molecular formula is C24H22N6O3. The van der Waals surface area contributed by atoms with E-state index >= 15 is 0 Å². The van der Waals surface area contributed by atoms with Crippen LogP contribution in [0.2, 0.25) is 0 Å². The molecule has 2 N–H and O–H groups in total. The lowest BCUT2D eigenvalue weighted by molar-refractivity contribution is 0.0535. The highest BCUT2D eigenvalue weighted by Crippen LogP contribution is 2.30. The Labute approximate surface area is 190 Å². The molecule has 1 aromatic carbocycles. The molecule has 0 bridgehead atoms. The summed E-state index contributed by atoms with van der Waals surface area (Å²) < 4.78 is 5.12. The predicted octanol–water partition coefficient (Wildman–Crippen LogP) is 2.56. The van der Waals surface area contributed by atoms with E-state index in [-0.39, 0.29) is 12.6 Å². The number of carbonyl (C=O) groups is 1. The molecule has 0 aliphatic carbocycles. The van der Waals surface area contributed by atoms with Gasteiger partial charge < -0.3 is 15.2 Å². The van der Waals surface area contributed by atoms with Crippen molar-refractivity contribution >= 4 is 17.6 Å². The Bertz CT molecular complexity index is 1290. The normalized spacial score (nSPS) is 15.8. The van der Waals surface area contributed by atoms with Crippen LogP contribution >= 0.6 is 0 Å². The molecule has 0 amide bonds. The molecule has 1 atom stereocenters. The van der Waals surface area contributed by atoms with E-state index in [2.05, 4.69) is 31.2 Å². The van der Waals surface area contributed by atoms with Crippen LogP contribution < -0.4 is 5.32 Å². The third-order valence-corrected chi connectivity index (χ3v) is 6.13. The third kappa shape index (κ3) is 4.14. The molecule has 2 aliphatic rings. The number of carbonyl (C=O) groups excluding carboxylic acids is 1. The molecule has 4 heterocycles. The minimum absolute atomic E-state index is 0.266. The van der Waals surface area contributed by atoms with Crippen molar-refractivity contribution in [3.63, 3.8) is 0 Å². The fourth-order valence-corrected chi connectivity index (χ4v) is 4.36. The summed E-state index contributed by atoms with van der Waals surface area (Å²) >= 11 is 0.